The van der Waals surface area contributed by atoms with Crippen LogP contribution in [0.4, 0.5) is 0 Å². The van der Waals surface area contributed by atoms with Gasteiger partial charge in [0, 0.05) is 14.1 Å². The summed E-state index contributed by atoms with van der Waals surface area (Å²) in [5.41, 5.74) is 0. The van der Waals surface area contributed by atoms with Crippen LogP contribution in [0.3, 0.4) is 0 Å². The lowest BCUT2D eigenvalue weighted by Gasteiger charge is -2.05. The number of hydrogen-bond donors (Lipinski definition) is 1. The molecule has 0 aromatic heterocycles. The van der Waals surface area contributed by atoms with E-state index in [1.807, 2.05) is 14.1 Å². The molecule has 0 spiro atoms. The van der Waals surface area contributed by atoms with Crippen LogP contribution in [0.5, 0.6) is 0 Å². The molecule has 0 aromatic rings. The molecule has 4 nitrogen and oxygen atoms in total. The number of hydrogen-bond acceptors (Lipinski definition) is 2. The van der Waals surface area contributed by atoms with Crippen LogP contribution in [0.25, 0.3) is 0 Å². The Morgan fingerprint density at radius 2 is 2.42 bits per heavy atom. The molecule has 0 saturated carbocycles. The van der Waals surface area contributed by atoms with Gasteiger partial charge in [0.15, 0.2) is 0 Å². The predicted octanol–water partition coefficient (Wildman–Crippen LogP) is -0.145. The first-order valence-corrected chi connectivity index (χ1v) is 4.18. The molecule has 1 N–H and O–H groups in total. The fourth-order valence-electron chi connectivity index (χ4n) is 1.16. The summed E-state index contributed by atoms with van der Waals surface area (Å²) in [7, 11) is 3.69. The molecule has 0 unspecified atom stereocenters. The monoisotopic (exact) mass is 169 g/mol. The van der Waals surface area contributed by atoms with Crippen LogP contribution in [0.2, 0.25) is 0 Å². The maximum Gasteiger partial charge on any atom is 0.264 e. The normalized spacial score (nSPS) is 23.3. The van der Waals surface area contributed by atoms with Crippen molar-refractivity contribution in [1.29, 1.82) is 0 Å². The highest BCUT2D eigenvalue weighted by Gasteiger charge is 2.20. The van der Waals surface area contributed by atoms with Crippen LogP contribution >= 0.6 is 0 Å². The smallest absolute Gasteiger partial charge is 0.264 e. The molecule has 0 aliphatic carbocycles. The third-order valence-electron chi connectivity index (χ3n) is 1.77. The first-order valence-electron chi connectivity index (χ1n) is 4.18. The number of carbonyl (C=O) groups excluding carboxylic acids is 1. The van der Waals surface area contributed by atoms with Crippen LogP contribution in [-0.2, 0) is 4.79 Å². The molecule has 1 amide bonds. The summed E-state index contributed by atoms with van der Waals surface area (Å²) in [4.78, 5) is 16.8. The van der Waals surface area contributed by atoms with Gasteiger partial charge < -0.3 is 10.2 Å². The lowest BCUT2D eigenvalue weighted by Crippen LogP contribution is -2.30. The molecule has 68 valence electrons. The van der Waals surface area contributed by atoms with Crippen LogP contribution < -0.4 is 5.32 Å². The van der Waals surface area contributed by atoms with Gasteiger partial charge in [-0.15, -0.1) is 0 Å². The Morgan fingerprint density at radius 3 is 2.92 bits per heavy atom. The Hall–Kier alpha value is -0.900. The van der Waals surface area contributed by atoms with Crippen LogP contribution in [0, 0.1) is 0 Å². The summed E-state index contributed by atoms with van der Waals surface area (Å²) < 4.78 is 0. The number of nitrogens with zero attached hydrogens (tertiary/aromatic N) is 2. The number of carbonyl (C=O) groups is 1. The molecule has 0 radical (unpaired) electrons. The Morgan fingerprint density at radius 1 is 1.67 bits per heavy atom. The summed E-state index contributed by atoms with van der Waals surface area (Å²) in [5, 5.41) is 3.10. The largest absolute Gasteiger partial charge is 0.369 e. The average Bonchev–Trinajstić information content (AvgIpc) is 2.51. The van der Waals surface area contributed by atoms with Crippen molar-refractivity contribution in [2.45, 2.75) is 18.9 Å². The molecule has 1 rings (SSSR count). The van der Waals surface area contributed by atoms with Gasteiger partial charge in [0.05, 0.1) is 12.4 Å². The zero-order valence-electron chi connectivity index (χ0n) is 7.58. The van der Waals surface area contributed by atoms with E-state index in [0.29, 0.717) is 0 Å². The van der Waals surface area contributed by atoms with Crippen LogP contribution in [-0.4, -0.2) is 43.8 Å². The summed E-state index contributed by atoms with van der Waals surface area (Å²) >= 11 is 0. The van der Waals surface area contributed by atoms with Crippen LogP contribution in [0.1, 0.15) is 12.8 Å². The van der Waals surface area contributed by atoms with E-state index < -0.39 is 0 Å². The van der Waals surface area contributed by atoms with E-state index in [2.05, 4.69) is 10.3 Å². The third-order valence-corrected chi connectivity index (χ3v) is 1.77. The van der Waals surface area contributed by atoms with Gasteiger partial charge >= 0.3 is 0 Å². The minimum absolute atomic E-state index is 0.0406. The highest BCUT2D eigenvalue weighted by molar-refractivity contribution is 5.88. The highest BCUT2D eigenvalue weighted by Crippen LogP contribution is 2.05. The van der Waals surface area contributed by atoms with E-state index in [1.165, 1.54) is 0 Å². The van der Waals surface area contributed by atoms with E-state index >= 15 is 0 Å². The standard InChI is InChI=1S/C8H15N3O/c1-11(2)6-10-8(12)7-4-3-5-9-7/h6-7,9H,3-5H2,1-2H3/t7-/m1/s1. The minimum atomic E-state index is -0.0544. The van der Waals surface area contributed by atoms with Gasteiger partial charge in [-0.25, -0.2) is 4.99 Å². The number of rotatable bonds is 2. The fourth-order valence-corrected chi connectivity index (χ4v) is 1.16. The van der Waals surface area contributed by atoms with Crippen molar-refractivity contribution in [3.05, 3.63) is 0 Å². The SMILES string of the molecule is CN(C)C=NC(=O)[C@H]1CCCN1. The first kappa shape index (κ1) is 9.19. The molecule has 1 fully saturated rings. The number of aliphatic imine (C=N–C) groups is 1. The summed E-state index contributed by atoms with van der Waals surface area (Å²) in [6.45, 7) is 0.938. The molecule has 1 heterocycles. The van der Waals surface area contributed by atoms with Crippen molar-refractivity contribution in [1.82, 2.24) is 10.2 Å². The van der Waals surface area contributed by atoms with E-state index in [4.69, 9.17) is 0 Å². The zero-order valence-corrected chi connectivity index (χ0v) is 7.58. The van der Waals surface area contributed by atoms with Gasteiger partial charge in [-0.3, -0.25) is 4.79 Å². The first-order chi connectivity index (χ1) is 5.70. The fraction of sp³-hybridized carbons (Fsp3) is 0.750. The van der Waals surface area contributed by atoms with Gasteiger partial charge in [0.25, 0.3) is 5.91 Å². The Bertz CT molecular complexity index is 183. The van der Waals surface area contributed by atoms with E-state index in [1.54, 1.807) is 11.2 Å². The second kappa shape index (κ2) is 4.21. The molecule has 0 aromatic carbocycles. The van der Waals surface area contributed by atoms with E-state index in [-0.39, 0.29) is 11.9 Å². The molecule has 12 heavy (non-hydrogen) atoms. The summed E-state index contributed by atoms with van der Waals surface area (Å²) in [6.07, 6.45) is 3.54. The molecule has 1 saturated heterocycles. The van der Waals surface area contributed by atoms with Crippen molar-refractivity contribution < 1.29 is 4.79 Å². The number of amides is 1. The predicted molar refractivity (Wildman–Crippen MR) is 48.2 cm³/mol. The quantitative estimate of drug-likeness (QED) is 0.462. The van der Waals surface area contributed by atoms with Gasteiger partial charge in [-0.2, -0.15) is 0 Å². The van der Waals surface area contributed by atoms with E-state index in [9.17, 15) is 4.79 Å². The highest BCUT2D eigenvalue weighted by atomic mass is 16.1. The Balaban J connectivity index is 2.36. The van der Waals surface area contributed by atoms with Gasteiger partial charge in [0.2, 0.25) is 0 Å². The Kier molecular flexibility index (Phi) is 3.22. The molecule has 1 aliphatic rings. The molecular formula is C8H15N3O. The van der Waals surface area contributed by atoms with Crippen molar-refractivity contribution in [2.24, 2.45) is 4.99 Å². The van der Waals surface area contributed by atoms with Gasteiger partial charge in [-0.1, -0.05) is 0 Å². The maximum absolute atomic E-state index is 11.3. The Labute approximate surface area is 72.7 Å². The molecule has 1 aliphatic heterocycles. The van der Waals surface area contributed by atoms with E-state index in [0.717, 1.165) is 19.4 Å². The van der Waals surface area contributed by atoms with Crippen molar-refractivity contribution in [3.8, 4) is 0 Å². The van der Waals surface area contributed by atoms with Gasteiger partial charge in [0.1, 0.15) is 0 Å². The van der Waals surface area contributed by atoms with Crippen molar-refractivity contribution in [3.63, 3.8) is 0 Å². The lowest BCUT2D eigenvalue weighted by molar-refractivity contribution is -0.119. The zero-order chi connectivity index (χ0) is 8.97. The lowest BCUT2D eigenvalue weighted by atomic mass is 10.2. The maximum atomic E-state index is 11.3. The van der Waals surface area contributed by atoms with Crippen molar-refractivity contribution in [2.75, 3.05) is 20.6 Å². The molecule has 0 bridgehead atoms. The molecule has 1 atom stereocenters. The number of nitrogens with one attached hydrogen (secondary N) is 1. The summed E-state index contributed by atoms with van der Waals surface area (Å²) in [5.74, 6) is -0.0544. The van der Waals surface area contributed by atoms with Crippen molar-refractivity contribution >= 4 is 12.2 Å². The summed E-state index contributed by atoms with van der Waals surface area (Å²) in [6, 6.07) is -0.0406. The topological polar surface area (TPSA) is 44.7 Å². The second-order valence-electron chi connectivity index (χ2n) is 3.20. The second-order valence-corrected chi connectivity index (χ2v) is 3.20. The van der Waals surface area contributed by atoms with Gasteiger partial charge in [-0.05, 0) is 19.4 Å². The average molecular weight is 169 g/mol. The van der Waals surface area contributed by atoms with Crippen LogP contribution in [0.15, 0.2) is 4.99 Å². The minimum Gasteiger partial charge on any atom is -0.369 e. The third kappa shape index (κ3) is 2.62. The molecular weight excluding hydrogens is 154 g/mol. The molecule has 4 heteroatoms.